The Morgan fingerprint density at radius 1 is 1.50 bits per heavy atom. The maximum absolute atomic E-state index is 12.2. The second-order valence-corrected chi connectivity index (χ2v) is 5.63. The molecule has 0 bridgehead atoms. The molecule has 0 spiro atoms. The normalized spacial score (nSPS) is 12.2. The highest BCUT2D eigenvalue weighted by atomic mass is 32.1. The molecule has 0 fully saturated rings. The number of hydrogen-bond acceptors (Lipinski definition) is 4. The van der Waals surface area contributed by atoms with Gasteiger partial charge in [-0.2, -0.15) is 0 Å². The predicted molar refractivity (Wildman–Crippen MR) is 76.8 cm³/mol. The molecule has 1 atom stereocenters. The Hall–Kier alpha value is -1.60. The number of amides is 2. The molecule has 1 aromatic heterocycles. The summed E-state index contributed by atoms with van der Waals surface area (Å²) in [6, 6.07) is 2.38. The van der Waals surface area contributed by atoms with E-state index in [0.29, 0.717) is 6.54 Å². The van der Waals surface area contributed by atoms with Crippen LogP contribution in [0.1, 0.15) is 18.7 Å². The van der Waals surface area contributed by atoms with E-state index in [1.807, 2.05) is 31.4 Å². The second kappa shape index (κ2) is 7.86. The van der Waals surface area contributed by atoms with Crippen LogP contribution in [-0.2, 0) is 16.1 Å². The van der Waals surface area contributed by atoms with Crippen molar-refractivity contribution in [3.05, 3.63) is 22.4 Å². The number of nitrogens with one attached hydrogen (secondary N) is 1. The van der Waals surface area contributed by atoms with E-state index < -0.39 is 18.0 Å². The molecule has 0 saturated heterocycles. The molecule has 1 heterocycles. The second-order valence-electron chi connectivity index (χ2n) is 4.60. The number of thiophene rings is 1. The molecule has 2 amide bonds. The van der Waals surface area contributed by atoms with Gasteiger partial charge in [0, 0.05) is 18.0 Å². The van der Waals surface area contributed by atoms with E-state index in [2.05, 4.69) is 5.32 Å². The van der Waals surface area contributed by atoms with Gasteiger partial charge in [-0.1, -0.05) is 6.07 Å². The molecular weight excluding hydrogens is 280 g/mol. The van der Waals surface area contributed by atoms with Crippen molar-refractivity contribution in [2.24, 2.45) is 0 Å². The first-order valence-corrected chi connectivity index (χ1v) is 7.15. The molecule has 2 N–H and O–H groups in total. The topological polar surface area (TPSA) is 78.9 Å². The Kier molecular flexibility index (Phi) is 6.47. The third-order valence-corrected chi connectivity index (χ3v) is 3.58. The lowest BCUT2D eigenvalue weighted by atomic mass is 10.3. The van der Waals surface area contributed by atoms with Gasteiger partial charge >= 0.3 is 12.0 Å². The van der Waals surface area contributed by atoms with Crippen LogP contribution in [0.4, 0.5) is 4.79 Å². The van der Waals surface area contributed by atoms with Gasteiger partial charge in [-0.25, -0.2) is 9.59 Å². The number of carboxylic acids is 1. The maximum Gasteiger partial charge on any atom is 0.328 e. The summed E-state index contributed by atoms with van der Waals surface area (Å²) in [5.41, 5.74) is 0. The lowest BCUT2D eigenvalue weighted by molar-refractivity contribution is -0.140. The van der Waals surface area contributed by atoms with Crippen molar-refractivity contribution in [3.63, 3.8) is 0 Å². The van der Waals surface area contributed by atoms with Gasteiger partial charge < -0.3 is 20.1 Å². The highest BCUT2D eigenvalue weighted by molar-refractivity contribution is 7.09. The summed E-state index contributed by atoms with van der Waals surface area (Å²) >= 11 is 1.56. The molecule has 0 aliphatic rings. The average Bonchev–Trinajstić information content (AvgIpc) is 2.87. The van der Waals surface area contributed by atoms with E-state index in [4.69, 9.17) is 9.84 Å². The van der Waals surface area contributed by atoms with Crippen LogP contribution >= 0.6 is 11.3 Å². The number of methoxy groups -OCH3 is 1. The van der Waals surface area contributed by atoms with E-state index in [1.54, 1.807) is 16.2 Å². The third kappa shape index (κ3) is 4.82. The fraction of sp³-hybridized carbons (Fsp3) is 0.538. The molecule has 1 rings (SSSR count). The SMILES string of the molecule is COCC(NC(=O)N(Cc1cccs1)C(C)C)C(=O)O. The first-order chi connectivity index (χ1) is 9.45. The summed E-state index contributed by atoms with van der Waals surface area (Å²) in [6.45, 7) is 4.17. The first-order valence-electron chi connectivity index (χ1n) is 6.27. The maximum atomic E-state index is 12.2. The number of carbonyl (C=O) groups excluding carboxylic acids is 1. The number of aliphatic carboxylic acids is 1. The third-order valence-electron chi connectivity index (χ3n) is 2.72. The van der Waals surface area contributed by atoms with Crippen molar-refractivity contribution in [3.8, 4) is 0 Å². The molecule has 0 aliphatic heterocycles. The van der Waals surface area contributed by atoms with Gasteiger partial charge in [0.2, 0.25) is 0 Å². The van der Waals surface area contributed by atoms with Gasteiger partial charge in [-0.15, -0.1) is 11.3 Å². The Morgan fingerprint density at radius 2 is 2.20 bits per heavy atom. The van der Waals surface area contributed by atoms with Crippen LogP contribution in [0.3, 0.4) is 0 Å². The lowest BCUT2D eigenvalue weighted by Crippen LogP contribution is -2.51. The highest BCUT2D eigenvalue weighted by Gasteiger charge is 2.24. The fourth-order valence-electron chi connectivity index (χ4n) is 1.63. The van der Waals surface area contributed by atoms with Crippen LogP contribution in [0, 0.1) is 0 Å². The van der Waals surface area contributed by atoms with E-state index in [-0.39, 0.29) is 12.6 Å². The molecule has 1 aromatic rings. The standard InChI is InChI=1S/C13H20N2O4S/c1-9(2)15(7-10-5-4-6-20-10)13(18)14-11(8-19-3)12(16)17/h4-6,9,11H,7-8H2,1-3H3,(H,14,18)(H,16,17). The van der Waals surface area contributed by atoms with Crippen molar-refractivity contribution < 1.29 is 19.4 Å². The smallest absolute Gasteiger partial charge is 0.328 e. The van der Waals surface area contributed by atoms with Crippen LogP contribution < -0.4 is 5.32 Å². The zero-order valence-corrected chi connectivity index (χ0v) is 12.6. The molecular formula is C13H20N2O4S. The van der Waals surface area contributed by atoms with Crippen molar-refractivity contribution in [1.29, 1.82) is 0 Å². The van der Waals surface area contributed by atoms with Gasteiger partial charge in [-0.05, 0) is 25.3 Å². The largest absolute Gasteiger partial charge is 0.480 e. The fourth-order valence-corrected chi connectivity index (χ4v) is 2.34. The quantitative estimate of drug-likeness (QED) is 0.804. The number of carbonyl (C=O) groups is 2. The Bertz CT molecular complexity index is 434. The molecule has 0 aromatic carbocycles. The van der Waals surface area contributed by atoms with Crippen LogP contribution in [0.2, 0.25) is 0 Å². The lowest BCUT2D eigenvalue weighted by Gasteiger charge is -2.28. The number of rotatable bonds is 7. The van der Waals surface area contributed by atoms with Crippen LogP contribution in [-0.4, -0.2) is 47.8 Å². The monoisotopic (exact) mass is 300 g/mol. The minimum atomic E-state index is -1.11. The minimum Gasteiger partial charge on any atom is -0.480 e. The molecule has 20 heavy (non-hydrogen) atoms. The van der Waals surface area contributed by atoms with Crippen LogP contribution in [0.15, 0.2) is 17.5 Å². The van der Waals surface area contributed by atoms with E-state index in [9.17, 15) is 9.59 Å². The summed E-state index contributed by atoms with van der Waals surface area (Å²) in [4.78, 5) is 25.9. The summed E-state index contributed by atoms with van der Waals surface area (Å²) in [7, 11) is 1.40. The average molecular weight is 300 g/mol. The Labute approximate surface area is 122 Å². The van der Waals surface area contributed by atoms with Gasteiger partial charge in [0.15, 0.2) is 6.04 Å². The molecule has 1 unspecified atom stereocenters. The van der Waals surface area contributed by atoms with Gasteiger partial charge in [0.25, 0.3) is 0 Å². The Balaban J connectivity index is 2.70. The number of nitrogens with zero attached hydrogens (tertiary/aromatic N) is 1. The zero-order valence-electron chi connectivity index (χ0n) is 11.8. The Morgan fingerprint density at radius 3 is 2.65 bits per heavy atom. The molecule has 6 nitrogen and oxygen atoms in total. The van der Waals surface area contributed by atoms with E-state index in [0.717, 1.165) is 4.88 Å². The minimum absolute atomic E-state index is 0.0333. The number of urea groups is 1. The van der Waals surface area contributed by atoms with Crippen molar-refractivity contribution in [2.75, 3.05) is 13.7 Å². The van der Waals surface area contributed by atoms with Crippen LogP contribution in [0.5, 0.6) is 0 Å². The molecule has 0 aliphatic carbocycles. The van der Waals surface area contributed by atoms with E-state index >= 15 is 0 Å². The van der Waals surface area contributed by atoms with Gasteiger partial charge in [-0.3, -0.25) is 0 Å². The van der Waals surface area contributed by atoms with Crippen molar-refractivity contribution >= 4 is 23.3 Å². The number of carboxylic acid groups (broad SMARTS) is 1. The summed E-state index contributed by atoms with van der Waals surface area (Å²) < 4.78 is 4.80. The molecule has 0 saturated carbocycles. The predicted octanol–water partition coefficient (Wildman–Crippen LogP) is 1.77. The van der Waals surface area contributed by atoms with Crippen LogP contribution in [0.25, 0.3) is 0 Å². The first kappa shape index (κ1) is 16.5. The molecule has 112 valence electrons. The molecule has 0 radical (unpaired) electrons. The summed E-state index contributed by atoms with van der Waals surface area (Å²) in [5, 5.41) is 13.4. The number of ether oxygens (including phenoxy) is 1. The molecule has 7 heteroatoms. The van der Waals surface area contributed by atoms with Gasteiger partial charge in [0.05, 0.1) is 13.2 Å². The summed E-state index contributed by atoms with van der Waals surface area (Å²) in [6.07, 6.45) is 0. The van der Waals surface area contributed by atoms with Gasteiger partial charge in [0.1, 0.15) is 0 Å². The highest BCUT2D eigenvalue weighted by Crippen LogP contribution is 2.14. The van der Waals surface area contributed by atoms with Crippen molar-refractivity contribution in [1.82, 2.24) is 10.2 Å². The van der Waals surface area contributed by atoms with E-state index in [1.165, 1.54) is 7.11 Å². The zero-order chi connectivity index (χ0) is 15.1. The number of hydrogen-bond donors (Lipinski definition) is 2. The summed E-state index contributed by atoms with van der Waals surface area (Å²) in [5.74, 6) is -1.11. The van der Waals surface area contributed by atoms with Crippen molar-refractivity contribution in [2.45, 2.75) is 32.5 Å².